The fourth-order valence-electron chi connectivity index (χ4n) is 1.34. The molecule has 1 aliphatic rings. The fourth-order valence-corrected chi connectivity index (χ4v) is 1.34. The smallest absolute Gasteiger partial charge is 0.236 e. The third kappa shape index (κ3) is 4.59. The Morgan fingerprint density at radius 3 is 2.93 bits per heavy atom. The van der Waals surface area contributed by atoms with Gasteiger partial charge in [-0.25, -0.2) is 0 Å². The van der Waals surface area contributed by atoms with Crippen LogP contribution in [0.3, 0.4) is 0 Å². The molecule has 0 bridgehead atoms. The third-order valence-electron chi connectivity index (χ3n) is 2.27. The Morgan fingerprint density at radius 2 is 2.40 bits per heavy atom. The Labute approximate surface area is 90.3 Å². The van der Waals surface area contributed by atoms with Crippen molar-refractivity contribution < 1.29 is 14.3 Å². The van der Waals surface area contributed by atoms with Gasteiger partial charge >= 0.3 is 0 Å². The molecule has 5 nitrogen and oxygen atoms in total. The van der Waals surface area contributed by atoms with E-state index in [1.54, 1.807) is 6.92 Å². The summed E-state index contributed by atoms with van der Waals surface area (Å²) in [5.74, 6) is -0.145. The van der Waals surface area contributed by atoms with E-state index in [4.69, 9.17) is 15.2 Å². The molecule has 5 heteroatoms. The lowest BCUT2D eigenvalue weighted by atomic mass is 10.3. The summed E-state index contributed by atoms with van der Waals surface area (Å²) in [6, 6.07) is -0.480. The van der Waals surface area contributed by atoms with Crippen LogP contribution in [0.1, 0.15) is 20.3 Å². The van der Waals surface area contributed by atoms with Crippen molar-refractivity contribution in [2.45, 2.75) is 38.5 Å². The maximum Gasteiger partial charge on any atom is 0.236 e. The van der Waals surface area contributed by atoms with Gasteiger partial charge in [-0.15, -0.1) is 0 Å². The number of nitrogens with one attached hydrogen (secondary N) is 1. The van der Waals surface area contributed by atoms with Crippen LogP contribution in [0.5, 0.6) is 0 Å². The van der Waals surface area contributed by atoms with Gasteiger partial charge < -0.3 is 20.5 Å². The second-order valence-corrected chi connectivity index (χ2v) is 4.02. The zero-order valence-electron chi connectivity index (χ0n) is 9.36. The Kier molecular flexibility index (Phi) is 5.01. The van der Waals surface area contributed by atoms with Crippen molar-refractivity contribution in [3.63, 3.8) is 0 Å². The van der Waals surface area contributed by atoms with Crippen LogP contribution >= 0.6 is 0 Å². The second-order valence-electron chi connectivity index (χ2n) is 4.02. The van der Waals surface area contributed by atoms with E-state index in [-0.39, 0.29) is 18.1 Å². The minimum absolute atomic E-state index is 0.0101. The summed E-state index contributed by atoms with van der Waals surface area (Å²) in [4.78, 5) is 11.2. The highest BCUT2D eigenvalue weighted by Crippen LogP contribution is 2.08. The van der Waals surface area contributed by atoms with E-state index in [1.807, 2.05) is 6.92 Å². The molecule has 2 unspecified atom stereocenters. The van der Waals surface area contributed by atoms with Gasteiger partial charge in [0.1, 0.15) is 0 Å². The summed E-state index contributed by atoms with van der Waals surface area (Å²) in [5, 5.41) is 2.77. The Morgan fingerprint density at radius 1 is 1.67 bits per heavy atom. The van der Waals surface area contributed by atoms with Crippen LogP contribution in [-0.4, -0.2) is 43.9 Å². The summed E-state index contributed by atoms with van der Waals surface area (Å²) in [6.07, 6.45) is 1.12. The van der Waals surface area contributed by atoms with Crippen molar-refractivity contribution >= 4 is 5.91 Å². The first-order valence-corrected chi connectivity index (χ1v) is 5.35. The van der Waals surface area contributed by atoms with E-state index in [1.165, 1.54) is 0 Å². The molecule has 3 N–H and O–H groups in total. The minimum Gasteiger partial charge on any atom is -0.379 e. The number of ether oxygens (including phenoxy) is 2. The largest absolute Gasteiger partial charge is 0.379 e. The van der Waals surface area contributed by atoms with E-state index >= 15 is 0 Å². The van der Waals surface area contributed by atoms with E-state index in [9.17, 15) is 4.79 Å². The first-order chi connectivity index (χ1) is 7.09. The number of hydrogen-bond acceptors (Lipinski definition) is 4. The molecule has 1 aliphatic heterocycles. The van der Waals surface area contributed by atoms with Crippen LogP contribution in [0.15, 0.2) is 0 Å². The highest BCUT2D eigenvalue weighted by atomic mass is 16.5. The number of carbonyl (C=O) groups is 1. The quantitative estimate of drug-likeness (QED) is 0.658. The number of rotatable bonds is 5. The minimum atomic E-state index is -0.470. The standard InChI is InChI=1S/C10H20N2O3/c1-7(12-10(13)8(2)11)5-15-9-3-4-14-6-9/h7-9H,3-6,11H2,1-2H3,(H,12,13)/t7?,8-,9?/m0/s1. The van der Waals surface area contributed by atoms with Crippen LogP contribution in [0, 0.1) is 0 Å². The van der Waals surface area contributed by atoms with Crippen LogP contribution in [0.25, 0.3) is 0 Å². The molecule has 0 aromatic carbocycles. The zero-order chi connectivity index (χ0) is 11.3. The maximum atomic E-state index is 11.2. The molecule has 1 fully saturated rings. The molecule has 1 amide bonds. The van der Waals surface area contributed by atoms with E-state index in [0.717, 1.165) is 13.0 Å². The number of hydrogen-bond donors (Lipinski definition) is 2. The summed E-state index contributed by atoms with van der Waals surface area (Å²) < 4.78 is 10.7. The molecule has 3 atom stereocenters. The summed E-state index contributed by atoms with van der Waals surface area (Å²) >= 11 is 0. The molecule has 0 radical (unpaired) electrons. The van der Waals surface area contributed by atoms with Crippen molar-refractivity contribution in [2.75, 3.05) is 19.8 Å². The highest BCUT2D eigenvalue weighted by Gasteiger charge is 2.18. The number of carbonyl (C=O) groups excluding carboxylic acids is 1. The van der Waals surface area contributed by atoms with Gasteiger partial charge in [0, 0.05) is 12.6 Å². The maximum absolute atomic E-state index is 11.2. The monoisotopic (exact) mass is 216 g/mol. The molecule has 0 aliphatic carbocycles. The molecule has 1 saturated heterocycles. The van der Waals surface area contributed by atoms with Crippen molar-refractivity contribution in [3.05, 3.63) is 0 Å². The molecule has 0 aromatic rings. The van der Waals surface area contributed by atoms with Gasteiger partial charge in [0.15, 0.2) is 0 Å². The van der Waals surface area contributed by atoms with Crippen LogP contribution in [-0.2, 0) is 14.3 Å². The second kappa shape index (κ2) is 6.05. The van der Waals surface area contributed by atoms with Gasteiger partial charge in [0.25, 0.3) is 0 Å². The SMILES string of the molecule is CC(COC1CCOC1)NC(=O)[C@H](C)N. The Hall–Kier alpha value is -0.650. The lowest BCUT2D eigenvalue weighted by Gasteiger charge is -2.17. The van der Waals surface area contributed by atoms with Gasteiger partial charge in [0.2, 0.25) is 5.91 Å². The van der Waals surface area contributed by atoms with Gasteiger partial charge in [0.05, 0.1) is 25.4 Å². The summed E-state index contributed by atoms with van der Waals surface area (Å²) in [6.45, 7) is 5.50. The predicted octanol–water partition coefficient (Wildman–Crippen LogP) is -0.356. The molecular weight excluding hydrogens is 196 g/mol. The predicted molar refractivity (Wildman–Crippen MR) is 56.4 cm³/mol. The molecule has 88 valence electrons. The molecule has 0 saturated carbocycles. The van der Waals surface area contributed by atoms with Crippen molar-refractivity contribution in [1.29, 1.82) is 0 Å². The van der Waals surface area contributed by atoms with Crippen molar-refractivity contribution in [1.82, 2.24) is 5.32 Å². The lowest BCUT2D eigenvalue weighted by Crippen LogP contribution is -2.44. The number of amides is 1. The molecule has 15 heavy (non-hydrogen) atoms. The third-order valence-corrected chi connectivity index (χ3v) is 2.27. The average Bonchev–Trinajstić information content (AvgIpc) is 2.66. The van der Waals surface area contributed by atoms with Gasteiger partial charge in [-0.1, -0.05) is 0 Å². The molecule has 0 spiro atoms. The van der Waals surface area contributed by atoms with Gasteiger partial charge in [-0.05, 0) is 20.3 Å². The lowest BCUT2D eigenvalue weighted by molar-refractivity contribution is -0.123. The van der Waals surface area contributed by atoms with Crippen LogP contribution in [0.4, 0.5) is 0 Å². The van der Waals surface area contributed by atoms with E-state index in [2.05, 4.69) is 5.32 Å². The van der Waals surface area contributed by atoms with E-state index in [0.29, 0.717) is 13.2 Å². The Balaban J connectivity index is 2.12. The molecule has 0 aromatic heterocycles. The topological polar surface area (TPSA) is 73.6 Å². The van der Waals surface area contributed by atoms with Crippen molar-refractivity contribution in [3.8, 4) is 0 Å². The van der Waals surface area contributed by atoms with E-state index < -0.39 is 6.04 Å². The zero-order valence-corrected chi connectivity index (χ0v) is 9.36. The number of nitrogens with two attached hydrogens (primary N) is 1. The highest BCUT2D eigenvalue weighted by molar-refractivity contribution is 5.81. The normalized spacial score (nSPS) is 24.9. The first kappa shape index (κ1) is 12.4. The molecule has 1 heterocycles. The summed E-state index contributed by atoms with van der Waals surface area (Å²) in [5.41, 5.74) is 5.43. The van der Waals surface area contributed by atoms with Gasteiger partial charge in [-0.2, -0.15) is 0 Å². The fraction of sp³-hybridized carbons (Fsp3) is 0.900. The molecule has 1 rings (SSSR count). The van der Waals surface area contributed by atoms with Crippen LogP contribution < -0.4 is 11.1 Å². The molecular formula is C10H20N2O3. The first-order valence-electron chi connectivity index (χ1n) is 5.35. The van der Waals surface area contributed by atoms with Crippen molar-refractivity contribution in [2.24, 2.45) is 5.73 Å². The average molecular weight is 216 g/mol. The summed E-state index contributed by atoms with van der Waals surface area (Å²) in [7, 11) is 0. The van der Waals surface area contributed by atoms with Crippen LogP contribution in [0.2, 0.25) is 0 Å². The Bertz CT molecular complexity index is 203. The van der Waals surface area contributed by atoms with Gasteiger partial charge in [-0.3, -0.25) is 4.79 Å².